The largest absolute Gasteiger partial charge is 0.467 e. The highest BCUT2D eigenvalue weighted by Crippen LogP contribution is 2.34. The lowest BCUT2D eigenvalue weighted by atomic mass is 10.1. The topological polar surface area (TPSA) is 116 Å². The fourth-order valence-corrected chi connectivity index (χ4v) is 4.93. The standard InChI is InChI=1S/C26H22ClN5O4S/c27-16-5-3-6-17(13-16)29-23(34)15-37-26-31-20-9-2-1-8-19(20)24-30-21(25(35)32(24)26)10-11-22(33)28-14-18-7-4-12-36-18/h1-9,12-13,21H,10-11,14-15H2,(H,28,33)(H,29,34)/t21-/m1/s1. The summed E-state index contributed by atoms with van der Waals surface area (Å²) in [6.07, 6.45) is 1.92. The highest BCUT2D eigenvalue weighted by atomic mass is 35.5. The number of nitrogens with one attached hydrogen (secondary N) is 2. The number of carbonyl (C=O) groups is 3. The highest BCUT2D eigenvalue weighted by molar-refractivity contribution is 8.14. The molecule has 2 aliphatic heterocycles. The summed E-state index contributed by atoms with van der Waals surface area (Å²) in [5.41, 5.74) is 1.98. The van der Waals surface area contributed by atoms with Crippen LogP contribution in [0.3, 0.4) is 0 Å². The molecule has 0 bridgehead atoms. The zero-order valence-electron chi connectivity index (χ0n) is 19.5. The molecule has 5 rings (SSSR count). The van der Waals surface area contributed by atoms with E-state index >= 15 is 0 Å². The number of hydrogen-bond acceptors (Lipinski definition) is 7. The number of fused-ring (bicyclic) bond motifs is 3. The molecule has 0 saturated carbocycles. The lowest BCUT2D eigenvalue weighted by Gasteiger charge is -2.25. The molecule has 11 heteroatoms. The Morgan fingerprint density at radius 3 is 2.76 bits per heavy atom. The van der Waals surface area contributed by atoms with Crippen LogP contribution in [0.5, 0.6) is 0 Å². The van der Waals surface area contributed by atoms with Crippen LogP contribution >= 0.6 is 23.4 Å². The smallest absolute Gasteiger partial charge is 0.259 e. The van der Waals surface area contributed by atoms with Crippen LogP contribution in [0, 0.1) is 0 Å². The van der Waals surface area contributed by atoms with E-state index in [4.69, 9.17) is 16.0 Å². The summed E-state index contributed by atoms with van der Waals surface area (Å²) in [5.74, 6) is 0.430. The van der Waals surface area contributed by atoms with Gasteiger partial charge in [0.1, 0.15) is 17.6 Å². The van der Waals surface area contributed by atoms with E-state index in [0.717, 1.165) is 17.3 Å². The number of furan rings is 1. The Morgan fingerprint density at radius 2 is 1.95 bits per heavy atom. The molecule has 0 radical (unpaired) electrons. The number of carbonyl (C=O) groups excluding carboxylic acids is 3. The molecule has 2 N–H and O–H groups in total. The Labute approximate surface area is 222 Å². The summed E-state index contributed by atoms with van der Waals surface area (Å²) < 4.78 is 5.22. The van der Waals surface area contributed by atoms with Crippen molar-refractivity contribution in [2.45, 2.75) is 25.4 Å². The molecule has 9 nitrogen and oxygen atoms in total. The zero-order chi connectivity index (χ0) is 25.8. The molecule has 0 fully saturated rings. The second kappa shape index (κ2) is 11.0. The summed E-state index contributed by atoms with van der Waals surface area (Å²) in [6, 6.07) is 17.1. The minimum atomic E-state index is -0.721. The third-order valence-corrected chi connectivity index (χ3v) is 6.85. The van der Waals surface area contributed by atoms with Crippen LogP contribution in [-0.2, 0) is 20.9 Å². The number of rotatable bonds is 8. The number of thioether (sulfide) groups is 1. The molecule has 37 heavy (non-hydrogen) atoms. The third kappa shape index (κ3) is 5.76. The second-order valence-electron chi connectivity index (χ2n) is 8.30. The molecule has 2 aromatic carbocycles. The van der Waals surface area contributed by atoms with Crippen LogP contribution in [0.1, 0.15) is 24.2 Å². The van der Waals surface area contributed by atoms with Gasteiger partial charge in [0, 0.05) is 22.7 Å². The summed E-state index contributed by atoms with van der Waals surface area (Å²) in [5, 5.41) is 6.46. The number of anilines is 1. The van der Waals surface area contributed by atoms with Gasteiger partial charge in [-0.1, -0.05) is 41.6 Å². The van der Waals surface area contributed by atoms with E-state index in [1.165, 1.54) is 4.90 Å². The van der Waals surface area contributed by atoms with E-state index in [9.17, 15) is 14.4 Å². The van der Waals surface area contributed by atoms with Gasteiger partial charge in [0.05, 0.1) is 24.2 Å². The first kappa shape index (κ1) is 24.8. The molecule has 1 atom stereocenters. The molecule has 0 aliphatic carbocycles. The molecule has 2 aliphatic rings. The van der Waals surface area contributed by atoms with Crippen LogP contribution in [0.4, 0.5) is 11.4 Å². The van der Waals surface area contributed by atoms with E-state index in [2.05, 4.69) is 20.6 Å². The summed E-state index contributed by atoms with van der Waals surface area (Å²) in [7, 11) is 0. The van der Waals surface area contributed by atoms with Gasteiger partial charge in [-0.05, 0) is 48.9 Å². The van der Waals surface area contributed by atoms with Gasteiger partial charge in [-0.15, -0.1) is 0 Å². The van der Waals surface area contributed by atoms with Crippen LogP contribution < -0.4 is 10.6 Å². The second-order valence-corrected chi connectivity index (χ2v) is 9.67. The van der Waals surface area contributed by atoms with E-state index in [1.54, 1.807) is 42.7 Å². The molecule has 1 aromatic heterocycles. The number of nitrogens with zero attached hydrogens (tertiary/aromatic N) is 3. The normalized spacial score (nSPS) is 16.0. The minimum Gasteiger partial charge on any atom is -0.467 e. The SMILES string of the molecule is O=C(CC[C@H]1N=C2c3ccccc3N=C(SCC(=O)Nc3cccc(Cl)c3)N2C1=O)NCc1ccco1. The van der Waals surface area contributed by atoms with Gasteiger partial charge in [0.15, 0.2) is 5.17 Å². The lowest BCUT2D eigenvalue weighted by molar-refractivity contribution is -0.125. The molecule has 0 spiro atoms. The first-order chi connectivity index (χ1) is 18.0. The number of amidine groups is 2. The monoisotopic (exact) mass is 535 g/mol. The number of para-hydroxylation sites is 1. The Morgan fingerprint density at radius 1 is 1.08 bits per heavy atom. The summed E-state index contributed by atoms with van der Waals surface area (Å²) >= 11 is 7.13. The van der Waals surface area contributed by atoms with Gasteiger partial charge in [0.25, 0.3) is 5.91 Å². The van der Waals surface area contributed by atoms with Crippen LogP contribution in [0.25, 0.3) is 0 Å². The first-order valence-corrected chi connectivity index (χ1v) is 12.9. The number of hydrogen-bond donors (Lipinski definition) is 2. The van der Waals surface area contributed by atoms with Crippen molar-refractivity contribution in [3.05, 3.63) is 83.3 Å². The molecular formula is C26H22ClN5O4S. The van der Waals surface area contributed by atoms with E-state index < -0.39 is 6.04 Å². The van der Waals surface area contributed by atoms with E-state index in [-0.39, 0.29) is 42.9 Å². The zero-order valence-corrected chi connectivity index (χ0v) is 21.1. The fraction of sp³-hybridized carbons (Fsp3) is 0.192. The van der Waals surface area contributed by atoms with Crippen molar-refractivity contribution < 1.29 is 18.8 Å². The van der Waals surface area contributed by atoms with Gasteiger partial charge in [-0.3, -0.25) is 19.4 Å². The molecule has 3 amide bonds. The molecule has 0 saturated heterocycles. The van der Waals surface area contributed by atoms with E-state index in [1.807, 2.05) is 24.3 Å². The van der Waals surface area contributed by atoms with Gasteiger partial charge in [0.2, 0.25) is 11.8 Å². The number of amides is 3. The number of benzene rings is 2. The molecular weight excluding hydrogens is 514 g/mol. The maximum absolute atomic E-state index is 13.3. The molecule has 0 unspecified atom stereocenters. The maximum atomic E-state index is 13.3. The lowest BCUT2D eigenvalue weighted by Crippen LogP contribution is -2.41. The van der Waals surface area contributed by atoms with Gasteiger partial charge >= 0.3 is 0 Å². The highest BCUT2D eigenvalue weighted by Gasteiger charge is 2.41. The molecule has 188 valence electrons. The quantitative estimate of drug-likeness (QED) is 0.444. The van der Waals surface area contributed by atoms with Gasteiger partial charge in [-0.25, -0.2) is 9.89 Å². The van der Waals surface area contributed by atoms with Crippen molar-refractivity contribution >= 4 is 63.5 Å². The van der Waals surface area contributed by atoms with Crippen LogP contribution in [0.2, 0.25) is 5.02 Å². The Bertz CT molecular complexity index is 1410. The van der Waals surface area contributed by atoms with Crippen molar-refractivity contribution in [1.29, 1.82) is 0 Å². The maximum Gasteiger partial charge on any atom is 0.259 e. The Kier molecular flexibility index (Phi) is 7.38. The van der Waals surface area contributed by atoms with Crippen molar-refractivity contribution in [3.8, 4) is 0 Å². The Balaban J connectivity index is 1.25. The Hall–Kier alpha value is -3.89. The third-order valence-electron chi connectivity index (χ3n) is 5.67. The van der Waals surface area contributed by atoms with Crippen LogP contribution in [0.15, 0.2) is 81.3 Å². The van der Waals surface area contributed by atoms with Gasteiger partial charge < -0.3 is 15.1 Å². The van der Waals surface area contributed by atoms with Crippen LogP contribution in [-0.4, -0.2) is 45.4 Å². The van der Waals surface area contributed by atoms with E-state index in [0.29, 0.717) is 33.2 Å². The minimum absolute atomic E-state index is 0.0322. The average Bonchev–Trinajstić information content (AvgIpc) is 3.53. The van der Waals surface area contributed by atoms with Crippen molar-refractivity contribution in [2.75, 3.05) is 11.1 Å². The van der Waals surface area contributed by atoms with Crippen molar-refractivity contribution in [2.24, 2.45) is 9.98 Å². The van der Waals surface area contributed by atoms with Crippen molar-refractivity contribution in [3.63, 3.8) is 0 Å². The summed E-state index contributed by atoms with van der Waals surface area (Å²) in [6.45, 7) is 0.281. The number of aliphatic imine (C=N–C) groups is 2. The predicted molar refractivity (Wildman–Crippen MR) is 143 cm³/mol. The number of halogens is 1. The average molecular weight is 536 g/mol. The fourth-order valence-electron chi connectivity index (χ4n) is 3.94. The molecule has 3 heterocycles. The van der Waals surface area contributed by atoms with Crippen molar-refractivity contribution in [1.82, 2.24) is 10.2 Å². The van der Waals surface area contributed by atoms with Gasteiger partial charge in [-0.2, -0.15) is 0 Å². The molecule has 3 aromatic rings. The predicted octanol–water partition coefficient (Wildman–Crippen LogP) is 4.36. The first-order valence-electron chi connectivity index (χ1n) is 11.5. The summed E-state index contributed by atoms with van der Waals surface area (Å²) in [4.78, 5) is 49.0.